The molecule has 0 aromatic carbocycles. The molecule has 3 atom stereocenters. The molecular formula is C16H32N2. The van der Waals surface area contributed by atoms with Gasteiger partial charge in [-0.3, -0.25) is 0 Å². The van der Waals surface area contributed by atoms with Crippen molar-refractivity contribution in [2.45, 2.75) is 70.9 Å². The molecule has 2 saturated carbocycles. The van der Waals surface area contributed by atoms with E-state index in [1.54, 1.807) is 0 Å². The van der Waals surface area contributed by atoms with Crippen LogP contribution in [-0.4, -0.2) is 37.1 Å². The van der Waals surface area contributed by atoms with Crippen molar-refractivity contribution in [3.8, 4) is 0 Å². The number of hydrogen-bond acceptors (Lipinski definition) is 2. The molecule has 2 aliphatic rings. The molecule has 0 aliphatic heterocycles. The van der Waals surface area contributed by atoms with Crippen molar-refractivity contribution in [2.75, 3.05) is 20.1 Å². The van der Waals surface area contributed by atoms with Gasteiger partial charge in [0.05, 0.1) is 0 Å². The summed E-state index contributed by atoms with van der Waals surface area (Å²) in [5.74, 6) is 1.76. The minimum atomic E-state index is 0.769. The van der Waals surface area contributed by atoms with Crippen molar-refractivity contribution in [1.29, 1.82) is 0 Å². The average molecular weight is 252 g/mol. The summed E-state index contributed by atoms with van der Waals surface area (Å²) in [5.41, 5.74) is 0. The van der Waals surface area contributed by atoms with Crippen molar-refractivity contribution in [3.05, 3.63) is 0 Å². The lowest BCUT2D eigenvalue weighted by molar-refractivity contribution is 0.191. The van der Waals surface area contributed by atoms with Crippen LogP contribution in [0.15, 0.2) is 0 Å². The van der Waals surface area contributed by atoms with Gasteiger partial charge in [-0.25, -0.2) is 0 Å². The van der Waals surface area contributed by atoms with Crippen LogP contribution in [-0.2, 0) is 0 Å². The maximum atomic E-state index is 3.81. The van der Waals surface area contributed by atoms with Gasteiger partial charge < -0.3 is 10.2 Å². The lowest BCUT2D eigenvalue weighted by Crippen LogP contribution is -2.44. The van der Waals surface area contributed by atoms with Crippen molar-refractivity contribution < 1.29 is 0 Å². The third-order valence-electron chi connectivity index (χ3n) is 5.53. The van der Waals surface area contributed by atoms with Gasteiger partial charge in [-0.05, 0) is 38.1 Å². The summed E-state index contributed by atoms with van der Waals surface area (Å²) < 4.78 is 0. The van der Waals surface area contributed by atoms with Gasteiger partial charge in [-0.15, -0.1) is 0 Å². The molecule has 18 heavy (non-hydrogen) atoms. The molecule has 0 aromatic rings. The highest BCUT2D eigenvalue weighted by Crippen LogP contribution is 2.29. The molecule has 2 aliphatic carbocycles. The first-order valence-electron chi connectivity index (χ1n) is 8.12. The molecule has 2 rings (SSSR count). The van der Waals surface area contributed by atoms with E-state index in [0.29, 0.717) is 0 Å². The van der Waals surface area contributed by atoms with Crippen LogP contribution in [0.25, 0.3) is 0 Å². The number of likely N-dealkylation sites (N-methyl/N-ethyl adjacent to an activating group) is 1. The molecule has 0 radical (unpaired) electrons. The SMILES string of the molecule is CC1CCCC(NCCN(C)C2CCCC2)C1C. The Bertz CT molecular complexity index is 235. The van der Waals surface area contributed by atoms with E-state index in [-0.39, 0.29) is 0 Å². The second-order valence-corrected chi connectivity index (χ2v) is 6.75. The van der Waals surface area contributed by atoms with Crippen LogP contribution in [0.5, 0.6) is 0 Å². The first-order chi connectivity index (χ1) is 8.68. The second kappa shape index (κ2) is 6.91. The smallest absolute Gasteiger partial charge is 0.0107 e. The highest BCUT2D eigenvalue weighted by Gasteiger charge is 2.26. The molecule has 106 valence electrons. The van der Waals surface area contributed by atoms with Gasteiger partial charge in [0.15, 0.2) is 0 Å². The Labute approximate surface area is 114 Å². The number of hydrogen-bond donors (Lipinski definition) is 1. The van der Waals surface area contributed by atoms with E-state index >= 15 is 0 Å². The molecule has 0 aromatic heterocycles. The van der Waals surface area contributed by atoms with E-state index in [2.05, 4.69) is 31.1 Å². The van der Waals surface area contributed by atoms with Crippen LogP contribution in [0.2, 0.25) is 0 Å². The standard InChI is InChI=1S/C16H32N2/c1-13-7-6-10-16(14(13)2)17-11-12-18(3)15-8-4-5-9-15/h13-17H,4-12H2,1-3H3. The Morgan fingerprint density at radius 2 is 1.72 bits per heavy atom. The Hall–Kier alpha value is -0.0800. The summed E-state index contributed by atoms with van der Waals surface area (Å²) in [6, 6.07) is 1.64. The molecule has 2 heteroatoms. The minimum Gasteiger partial charge on any atom is -0.312 e. The predicted octanol–water partition coefficient (Wildman–Crippen LogP) is 3.28. The van der Waals surface area contributed by atoms with Crippen molar-refractivity contribution in [2.24, 2.45) is 11.8 Å². The van der Waals surface area contributed by atoms with E-state index in [1.165, 1.54) is 58.0 Å². The summed E-state index contributed by atoms with van der Waals surface area (Å²) in [7, 11) is 2.31. The van der Waals surface area contributed by atoms with Crippen molar-refractivity contribution in [1.82, 2.24) is 10.2 Å². The normalized spacial score (nSPS) is 34.3. The van der Waals surface area contributed by atoms with Gasteiger partial charge in [-0.2, -0.15) is 0 Å². The zero-order chi connectivity index (χ0) is 13.0. The van der Waals surface area contributed by atoms with E-state index in [9.17, 15) is 0 Å². The summed E-state index contributed by atoms with van der Waals surface area (Å²) in [4.78, 5) is 2.58. The first-order valence-corrected chi connectivity index (χ1v) is 8.12. The third kappa shape index (κ3) is 3.71. The average Bonchev–Trinajstić information content (AvgIpc) is 2.88. The molecule has 0 heterocycles. The maximum Gasteiger partial charge on any atom is 0.0107 e. The van der Waals surface area contributed by atoms with Crippen molar-refractivity contribution in [3.63, 3.8) is 0 Å². The van der Waals surface area contributed by atoms with Crippen LogP contribution in [0.3, 0.4) is 0 Å². The first kappa shape index (κ1) is 14.3. The number of rotatable bonds is 5. The van der Waals surface area contributed by atoms with Gasteiger partial charge in [0.25, 0.3) is 0 Å². The molecule has 0 spiro atoms. The molecule has 2 nitrogen and oxygen atoms in total. The second-order valence-electron chi connectivity index (χ2n) is 6.75. The Balaban J connectivity index is 1.65. The molecule has 0 amide bonds. The molecule has 1 N–H and O–H groups in total. The van der Waals surface area contributed by atoms with Crippen LogP contribution in [0.1, 0.15) is 58.8 Å². The van der Waals surface area contributed by atoms with E-state index in [1.807, 2.05) is 0 Å². The fourth-order valence-electron chi connectivity index (χ4n) is 3.82. The maximum absolute atomic E-state index is 3.81. The summed E-state index contributed by atoms with van der Waals surface area (Å²) in [6.45, 7) is 7.25. The Morgan fingerprint density at radius 3 is 2.44 bits per heavy atom. The van der Waals surface area contributed by atoms with Crippen LogP contribution >= 0.6 is 0 Å². The number of nitrogens with one attached hydrogen (secondary N) is 1. The van der Waals surface area contributed by atoms with Gasteiger partial charge in [0.1, 0.15) is 0 Å². The quantitative estimate of drug-likeness (QED) is 0.808. The zero-order valence-corrected chi connectivity index (χ0v) is 12.6. The molecular weight excluding hydrogens is 220 g/mol. The highest BCUT2D eigenvalue weighted by atomic mass is 15.1. The summed E-state index contributed by atoms with van der Waals surface area (Å²) in [5, 5.41) is 3.81. The largest absolute Gasteiger partial charge is 0.312 e. The van der Waals surface area contributed by atoms with E-state index in [0.717, 1.165) is 23.9 Å². The minimum absolute atomic E-state index is 0.769. The number of nitrogens with zero attached hydrogens (tertiary/aromatic N) is 1. The lowest BCUT2D eigenvalue weighted by Gasteiger charge is -2.35. The van der Waals surface area contributed by atoms with Crippen LogP contribution < -0.4 is 5.32 Å². The fourth-order valence-corrected chi connectivity index (χ4v) is 3.82. The van der Waals surface area contributed by atoms with Gasteiger partial charge >= 0.3 is 0 Å². The van der Waals surface area contributed by atoms with E-state index in [4.69, 9.17) is 0 Å². The lowest BCUT2D eigenvalue weighted by atomic mass is 9.78. The molecule has 3 unspecified atom stereocenters. The summed E-state index contributed by atoms with van der Waals surface area (Å²) in [6.07, 6.45) is 9.97. The van der Waals surface area contributed by atoms with Crippen molar-refractivity contribution >= 4 is 0 Å². The zero-order valence-electron chi connectivity index (χ0n) is 12.6. The monoisotopic (exact) mass is 252 g/mol. The molecule has 0 saturated heterocycles. The van der Waals surface area contributed by atoms with E-state index < -0.39 is 0 Å². The third-order valence-corrected chi connectivity index (χ3v) is 5.53. The Morgan fingerprint density at radius 1 is 1.00 bits per heavy atom. The highest BCUT2D eigenvalue weighted by molar-refractivity contribution is 4.83. The Kier molecular flexibility index (Phi) is 5.50. The fraction of sp³-hybridized carbons (Fsp3) is 1.00. The predicted molar refractivity (Wildman–Crippen MR) is 78.9 cm³/mol. The molecule has 0 bridgehead atoms. The van der Waals surface area contributed by atoms with Gasteiger partial charge in [-0.1, -0.05) is 39.5 Å². The van der Waals surface area contributed by atoms with Crippen LogP contribution in [0.4, 0.5) is 0 Å². The van der Waals surface area contributed by atoms with Crippen LogP contribution in [0, 0.1) is 11.8 Å². The summed E-state index contributed by atoms with van der Waals surface area (Å²) >= 11 is 0. The topological polar surface area (TPSA) is 15.3 Å². The van der Waals surface area contributed by atoms with Gasteiger partial charge in [0.2, 0.25) is 0 Å². The van der Waals surface area contributed by atoms with Gasteiger partial charge in [0, 0.05) is 25.2 Å². The molecule has 2 fully saturated rings.